The lowest BCUT2D eigenvalue weighted by molar-refractivity contribution is -0.119. The van der Waals surface area contributed by atoms with E-state index in [1.807, 2.05) is 13.8 Å². The number of hydrogen-bond donors (Lipinski definition) is 3. The number of nitrogens with one attached hydrogen (secondary N) is 3. The summed E-state index contributed by atoms with van der Waals surface area (Å²) in [5.41, 5.74) is 1.17. The lowest BCUT2D eigenvalue weighted by Crippen LogP contribution is -2.49. The Labute approximate surface area is 165 Å². The SMILES string of the molecule is CNC(=O)Cc1ccccc1NC(=O)NCCS(=O)(=O)N1C[C@H](C)O[C@@H](C)C1. The normalized spacial score (nSPS) is 20.4. The molecule has 1 aliphatic rings. The molecule has 0 aromatic heterocycles. The minimum Gasteiger partial charge on any atom is -0.373 e. The zero-order valence-electron chi connectivity index (χ0n) is 16.4. The van der Waals surface area contributed by atoms with E-state index in [1.165, 1.54) is 4.31 Å². The predicted octanol–water partition coefficient (Wildman–Crippen LogP) is 0.536. The third-order valence-corrected chi connectivity index (χ3v) is 6.13. The van der Waals surface area contributed by atoms with Crippen molar-refractivity contribution in [3.8, 4) is 0 Å². The maximum absolute atomic E-state index is 12.5. The van der Waals surface area contributed by atoms with Crippen LogP contribution >= 0.6 is 0 Å². The molecule has 9 nitrogen and oxygen atoms in total. The van der Waals surface area contributed by atoms with Crippen LogP contribution in [0.2, 0.25) is 0 Å². The Hall–Kier alpha value is -2.17. The van der Waals surface area contributed by atoms with Gasteiger partial charge in [0.05, 0.1) is 24.4 Å². The summed E-state index contributed by atoms with van der Waals surface area (Å²) in [5, 5.41) is 7.75. The summed E-state index contributed by atoms with van der Waals surface area (Å²) in [7, 11) is -1.94. The van der Waals surface area contributed by atoms with Gasteiger partial charge < -0.3 is 20.7 Å². The number of carbonyl (C=O) groups is 2. The van der Waals surface area contributed by atoms with Crippen LogP contribution in [0, 0.1) is 0 Å². The molecule has 3 amide bonds. The van der Waals surface area contributed by atoms with Gasteiger partial charge in [0.1, 0.15) is 0 Å². The van der Waals surface area contributed by atoms with Crippen molar-refractivity contribution >= 4 is 27.6 Å². The highest BCUT2D eigenvalue weighted by Crippen LogP contribution is 2.16. The van der Waals surface area contributed by atoms with Crippen molar-refractivity contribution < 1.29 is 22.7 Å². The Kier molecular flexibility index (Phi) is 7.78. The standard InChI is InChI=1S/C18H28N4O5S/c1-13-11-22(12-14(2)27-13)28(25,26)9-8-20-18(24)21-16-7-5-4-6-15(16)10-17(23)19-3/h4-7,13-14H,8-12H2,1-3H3,(H,19,23)(H2,20,21,24)/t13-,14-/m0/s1. The van der Waals surface area contributed by atoms with E-state index in [4.69, 9.17) is 4.74 Å². The largest absolute Gasteiger partial charge is 0.373 e. The summed E-state index contributed by atoms with van der Waals surface area (Å²) in [4.78, 5) is 23.7. The number of benzene rings is 1. The lowest BCUT2D eigenvalue weighted by Gasteiger charge is -2.34. The van der Waals surface area contributed by atoms with Crippen molar-refractivity contribution in [1.29, 1.82) is 0 Å². The summed E-state index contributed by atoms with van der Waals surface area (Å²) >= 11 is 0. The van der Waals surface area contributed by atoms with E-state index < -0.39 is 16.1 Å². The summed E-state index contributed by atoms with van der Waals surface area (Å²) in [5.74, 6) is -0.366. The maximum Gasteiger partial charge on any atom is 0.319 e. The highest BCUT2D eigenvalue weighted by molar-refractivity contribution is 7.89. The topological polar surface area (TPSA) is 117 Å². The fraction of sp³-hybridized carbons (Fsp3) is 0.556. The van der Waals surface area contributed by atoms with Gasteiger partial charge in [-0.05, 0) is 25.5 Å². The van der Waals surface area contributed by atoms with Crippen molar-refractivity contribution in [2.75, 3.05) is 37.8 Å². The number of amides is 3. The van der Waals surface area contributed by atoms with Crippen LogP contribution in [-0.4, -0.2) is 69.3 Å². The summed E-state index contributed by atoms with van der Waals surface area (Å²) < 4.78 is 31.9. The number of carbonyl (C=O) groups excluding carboxylic acids is 2. The van der Waals surface area contributed by atoms with Gasteiger partial charge >= 0.3 is 6.03 Å². The first-order chi connectivity index (χ1) is 13.2. The second-order valence-electron chi connectivity index (χ2n) is 6.78. The second kappa shape index (κ2) is 9.85. The molecule has 2 atom stereocenters. The van der Waals surface area contributed by atoms with E-state index >= 15 is 0 Å². The second-order valence-corrected chi connectivity index (χ2v) is 8.87. The molecule has 0 aliphatic carbocycles. The number of morpholine rings is 1. The first-order valence-electron chi connectivity index (χ1n) is 9.18. The maximum atomic E-state index is 12.5. The molecule has 0 saturated carbocycles. The van der Waals surface area contributed by atoms with Gasteiger partial charge in [-0.15, -0.1) is 0 Å². The number of rotatable bonds is 7. The van der Waals surface area contributed by atoms with Gasteiger partial charge in [0.15, 0.2) is 0 Å². The Balaban J connectivity index is 1.87. The average Bonchev–Trinajstić information content (AvgIpc) is 2.62. The van der Waals surface area contributed by atoms with E-state index in [1.54, 1.807) is 31.3 Å². The van der Waals surface area contributed by atoms with Crippen LogP contribution in [0.3, 0.4) is 0 Å². The fourth-order valence-electron chi connectivity index (χ4n) is 3.00. The van der Waals surface area contributed by atoms with E-state index in [9.17, 15) is 18.0 Å². The molecule has 156 valence electrons. The van der Waals surface area contributed by atoms with E-state index in [2.05, 4.69) is 16.0 Å². The van der Waals surface area contributed by atoms with Crippen molar-refractivity contribution in [3.63, 3.8) is 0 Å². The lowest BCUT2D eigenvalue weighted by atomic mass is 10.1. The van der Waals surface area contributed by atoms with Crippen LogP contribution in [0.5, 0.6) is 0 Å². The summed E-state index contributed by atoms with van der Waals surface area (Å²) in [6.07, 6.45) is -0.187. The van der Waals surface area contributed by atoms with Crippen molar-refractivity contribution in [2.45, 2.75) is 32.5 Å². The summed E-state index contributed by atoms with van der Waals surface area (Å²) in [6.45, 7) is 4.27. The van der Waals surface area contributed by atoms with E-state index in [0.29, 0.717) is 24.3 Å². The molecule has 0 spiro atoms. The first-order valence-corrected chi connectivity index (χ1v) is 10.8. The molecule has 0 unspecified atom stereocenters. The Morgan fingerprint density at radius 1 is 1.18 bits per heavy atom. The third kappa shape index (κ3) is 6.47. The van der Waals surface area contributed by atoms with Crippen molar-refractivity contribution in [2.24, 2.45) is 0 Å². The molecule has 1 fully saturated rings. The monoisotopic (exact) mass is 412 g/mol. The van der Waals surface area contributed by atoms with Crippen LogP contribution < -0.4 is 16.0 Å². The van der Waals surface area contributed by atoms with E-state index in [0.717, 1.165) is 0 Å². The van der Waals surface area contributed by atoms with Gasteiger partial charge in [-0.1, -0.05) is 18.2 Å². The molecule has 1 heterocycles. The quantitative estimate of drug-likeness (QED) is 0.604. The highest BCUT2D eigenvalue weighted by Gasteiger charge is 2.30. The molecule has 10 heteroatoms. The number of hydrogen-bond acceptors (Lipinski definition) is 5. The average molecular weight is 413 g/mol. The minimum absolute atomic E-state index is 0.0219. The number of anilines is 1. The van der Waals surface area contributed by atoms with Gasteiger partial charge in [-0.2, -0.15) is 4.31 Å². The van der Waals surface area contributed by atoms with Crippen molar-refractivity contribution in [3.05, 3.63) is 29.8 Å². The van der Waals surface area contributed by atoms with Crippen LogP contribution in [0.25, 0.3) is 0 Å². The molecule has 1 aliphatic heterocycles. The molecule has 0 bridgehead atoms. The van der Waals surface area contributed by atoms with Gasteiger partial charge in [0.25, 0.3) is 0 Å². The molecule has 1 aromatic carbocycles. The number of para-hydroxylation sites is 1. The number of ether oxygens (including phenoxy) is 1. The Morgan fingerprint density at radius 2 is 1.82 bits per heavy atom. The minimum atomic E-state index is -3.49. The third-order valence-electron chi connectivity index (χ3n) is 4.32. The number of nitrogens with zero attached hydrogens (tertiary/aromatic N) is 1. The van der Waals surface area contributed by atoms with E-state index in [-0.39, 0.29) is 36.8 Å². The summed E-state index contributed by atoms with van der Waals surface area (Å²) in [6, 6.07) is 6.43. The van der Waals surface area contributed by atoms with Gasteiger partial charge in [-0.25, -0.2) is 13.2 Å². The van der Waals surface area contributed by atoms with Crippen LogP contribution in [0.4, 0.5) is 10.5 Å². The molecule has 1 saturated heterocycles. The molecule has 0 radical (unpaired) electrons. The molecule has 3 N–H and O–H groups in total. The van der Waals surface area contributed by atoms with Crippen LogP contribution in [-0.2, 0) is 26.0 Å². The Bertz CT molecular complexity index is 789. The number of likely N-dealkylation sites (N-methyl/N-ethyl adjacent to an activating group) is 1. The molecular weight excluding hydrogens is 384 g/mol. The number of urea groups is 1. The molecule has 28 heavy (non-hydrogen) atoms. The predicted molar refractivity (Wildman–Crippen MR) is 107 cm³/mol. The smallest absolute Gasteiger partial charge is 0.319 e. The number of sulfonamides is 1. The molecule has 2 rings (SSSR count). The zero-order valence-corrected chi connectivity index (χ0v) is 17.2. The zero-order chi connectivity index (χ0) is 20.7. The first kappa shape index (κ1) is 22.1. The van der Waals surface area contributed by atoms with Crippen LogP contribution in [0.15, 0.2) is 24.3 Å². The van der Waals surface area contributed by atoms with Gasteiger partial charge in [0.2, 0.25) is 15.9 Å². The molecular formula is C18H28N4O5S. The highest BCUT2D eigenvalue weighted by atomic mass is 32.2. The Morgan fingerprint density at radius 3 is 2.46 bits per heavy atom. The van der Waals surface area contributed by atoms with Gasteiger partial charge in [0, 0.05) is 32.4 Å². The van der Waals surface area contributed by atoms with Gasteiger partial charge in [-0.3, -0.25) is 4.79 Å². The fourth-order valence-corrected chi connectivity index (χ4v) is 4.50. The van der Waals surface area contributed by atoms with Crippen LogP contribution in [0.1, 0.15) is 19.4 Å². The van der Waals surface area contributed by atoms with Crippen molar-refractivity contribution in [1.82, 2.24) is 14.9 Å². The molecule has 1 aromatic rings.